The lowest BCUT2D eigenvalue weighted by Crippen LogP contribution is -2.22. The number of urea groups is 1. The van der Waals surface area contributed by atoms with Gasteiger partial charge in [-0.15, -0.1) is 0 Å². The Bertz CT molecular complexity index is 545. The molecule has 0 spiro atoms. The molecule has 0 unspecified atom stereocenters. The molecule has 0 aliphatic carbocycles. The number of amides is 3. The average molecular weight is 230 g/mol. The van der Waals surface area contributed by atoms with Crippen LogP contribution >= 0.6 is 0 Å². The van der Waals surface area contributed by atoms with Crippen molar-refractivity contribution in [1.82, 2.24) is 10.6 Å². The minimum Gasteiger partial charge on any atom is -0.303 e. The summed E-state index contributed by atoms with van der Waals surface area (Å²) >= 11 is 0. The average Bonchev–Trinajstić information content (AvgIpc) is 2.54. The van der Waals surface area contributed by atoms with E-state index < -0.39 is 6.03 Å². The predicted molar refractivity (Wildman–Crippen MR) is 65.3 cm³/mol. The molecule has 88 valence electrons. The number of nitrogens with one attached hydrogen (secondary N) is 2. The molecule has 1 aromatic rings. The number of hydrogen-bond donors (Lipinski definition) is 2. The van der Waals surface area contributed by atoms with Crippen molar-refractivity contribution in [3.63, 3.8) is 0 Å². The van der Waals surface area contributed by atoms with Crippen LogP contribution < -0.4 is 10.6 Å². The van der Waals surface area contributed by atoms with E-state index in [9.17, 15) is 9.59 Å². The first-order valence-corrected chi connectivity index (χ1v) is 5.39. The number of carbonyl (C=O) groups excluding carboxylic acids is 2. The molecule has 17 heavy (non-hydrogen) atoms. The molecule has 0 bridgehead atoms. The summed E-state index contributed by atoms with van der Waals surface area (Å²) < 4.78 is 0. The third-order valence-corrected chi connectivity index (χ3v) is 2.90. The number of benzene rings is 1. The Morgan fingerprint density at radius 1 is 0.941 bits per heavy atom. The Morgan fingerprint density at radius 3 is 2.18 bits per heavy atom. The van der Waals surface area contributed by atoms with E-state index >= 15 is 0 Å². The van der Waals surface area contributed by atoms with E-state index in [1.165, 1.54) is 5.56 Å². The quantitative estimate of drug-likeness (QED) is 0.571. The smallest absolute Gasteiger partial charge is 0.303 e. The molecule has 2 N–H and O–H groups in total. The van der Waals surface area contributed by atoms with Crippen LogP contribution in [0.4, 0.5) is 4.79 Å². The topological polar surface area (TPSA) is 58.2 Å². The van der Waals surface area contributed by atoms with Crippen LogP contribution in [0.5, 0.6) is 0 Å². The maximum Gasteiger partial charge on any atom is 0.326 e. The molecule has 4 nitrogen and oxygen atoms in total. The molecule has 1 fully saturated rings. The Labute approximate surface area is 99.7 Å². The first-order valence-electron chi connectivity index (χ1n) is 5.39. The first kappa shape index (κ1) is 11.4. The fraction of sp³-hybridized carbons (Fsp3) is 0.231. The molecule has 0 atom stereocenters. The highest BCUT2D eigenvalue weighted by molar-refractivity contribution is 6.14. The van der Waals surface area contributed by atoms with Crippen molar-refractivity contribution in [2.24, 2.45) is 0 Å². The van der Waals surface area contributed by atoms with Gasteiger partial charge in [0.25, 0.3) is 5.91 Å². The molecule has 0 aromatic heterocycles. The molecule has 0 saturated carbocycles. The predicted octanol–water partition coefficient (Wildman–Crippen LogP) is 1.79. The SMILES string of the molecule is Cc1cc(C)c(/C=C2\NC(=O)NC2=O)cc1C. The standard InChI is InChI=1S/C13H14N2O2/c1-7-4-9(3)10(5-8(7)2)6-11-12(16)15-13(17)14-11/h4-6H,1-3H3,(H2,14,15,16,17)/b11-6-. The number of aryl methyl sites for hydroxylation is 3. The fourth-order valence-corrected chi connectivity index (χ4v) is 1.78. The van der Waals surface area contributed by atoms with Crippen molar-refractivity contribution in [3.05, 3.63) is 40.1 Å². The van der Waals surface area contributed by atoms with Gasteiger partial charge in [-0.1, -0.05) is 12.1 Å². The zero-order chi connectivity index (χ0) is 12.6. The molecule has 1 saturated heterocycles. The van der Waals surface area contributed by atoms with E-state index in [0.717, 1.165) is 16.7 Å². The van der Waals surface area contributed by atoms with Crippen molar-refractivity contribution in [2.45, 2.75) is 20.8 Å². The molecule has 0 radical (unpaired) electrons. The van der Waals surface area contributed by atoms with Crippen molar-refractivity contribution in [1.29, 1.82) is 0 Å². The Morgan fingerprint density at radius 2 is 1.59 bits per heavy atom. The van der Waals surface area contributed by atoms with E-state index in [1.54, 1.807) is 6.08 Å². The summed E-state index contributed by atoms with van der Waals surface area (Å²) in [7, 11) is 0. The first-order chi connectivity index (χ1) is 7.97. The van der Waals surface area contributed by atoms with Gasteiger partial charge in [-0.05, 0) is 49.1 Å². The third kappa shape index (κ3) is 2.20. The van der Waals surface area contributed by atoms with Crippen LogP contribution in [0.1, 0.15) is 22.3 Å². The molecular formula is C13H14N2O2. The minimum atomic E-state index is -0.470. The second-order valence-corrected chi connectivity index (χ2v) is 4.26. The van der Waals surface area contributed by atoms with Crippen LogP contribution in [-0.4, -0.2) is 11.9 Å². The van der Waals surface area contributed by atoms with Crippen LogP contribution in [0, 0.1) is 20.8 Å². The van der Waals surface area contributed by atoms with Crippen LogP contribution in [0.3, 0.4) is 0 Å². The second kappa shape index (κ2) is 4.05. The molecule has 4 heteroatoms. The van der Waals surface area contributed by atoms with Gasteiger partial charge in [-0.2, -0.15) is 0 Å². The number of imide groups is 1. The molecule has 2 rings (SSSR count). The van der Waals surface area contributed by atoms with Gasteiger partial charge in [0.15, 0.2) is 0 Å². The summed E-state index contributed by atoms with van der Waals surface area (Å²) in [5.41, 5.74) is 4.69. The molecule has 3 amide bonds. The van der Waals surface area contributed by atoms with Gasteiger partial charge in [0.1, 0.15) is 5.70 Å². The molecule has 1 aliphatic heterocycles. The van der Waals surface area contributed by atoms with Gasteiger partial charge in [0.2, 0.25) is 0 Å². The second-order valence-electron chi connectivity index (χ2n) is 4.26. The minimum absolute atomic E-state index is 0.293. The van der Waals surface area contributed by atoms with Crippen LogP contribution in [0.15, 0.2) is 17.8 Å². The maximum atomic E-state index is 11.4. The summed E-state index contributed by atoms with van der Waals surface area (Å²) in [6.07, 6.45) is 1.70. The van der Waals surface area contributed by atoms with E-state index in [4.69, 9.17) is 0 Å². The van der Waals surface area contributed by atoms with Gasteiger partial charge in [-0.25, -0.2) is 4.79 Å². The van der Waals surface area contributed by atoms with Crippen molar-refractivity contribution < 1.29 is 9.59 Å². The highest BCUT2D eigenvalue weighted by Crippen LogP contribution is 2.18. The highest BCUT2D eigenvalue weighted by atomic mass is 16.2. The molecule has 1 aromatic carbocycles. The van der Waals surface area contributed by atoms with E-state index in [2.05, 4.69) is 16.7 Å². The lowest BCUT2D eigenvalue weighted by Gasteiger charge is -2.06. The lowest BCUT2D eigenvalue weighted by molar-refractivity contribution is -0.115. The van der Waals surface area contributed by atoms with E-state index in [1.807, 2.05) is 26.8 Å². The van der Waals surface area contributed by atoms with E-state index in [0.29, 0.717) is 5.70 Å². The summed E-state index contributed by atoms with van der Waals surface area (Å²) in [4.78, 5) is 22.4. The van der Waals surface area contributed by atoms with Gasteiger partial charge in [-0.3, -0.25) is 10.1 Å². The van der Waals surface area contributed by atoms with Crippen molar-refractivity contribution in [2.75, 3.05) is 0 Å². The fourth-order valence-electron chi connectivity index (χ4n) is 1.78. The Hall–Kier alpha value is -2.10. The monoisotopic (exact) mass is 230 g/mol. The van der Waals surface area contributed by atoms with E-state index in [-0.39, 0.29) is 5.91 Å². The van der Waals surface area contributed by atoms with Gasteiger partial charge >= 0.3 is 6.03 Å². The van der Waals surface area contributed by atoms with Crippen LogP contribution in [-0.2, 0) is 4.79 Å². The summed E-state index contributed by atoms with van der Waals surface area (Å²) in [6.45, 7) is 6.04. The van der Waals surface area contributed by atoms with Crippen LogP contribution in [0.2, 0.25) is 0 Å². The third-order valence-electron chi connectivity index (χ3n) is 2.90. The van der Waals surface area contributed by atoms with Gasteiger partial charge in [0.05, 0.1) is 0 Å². The lowest BCUT2D eigenvalue weighted by atomic mass is 10.00. The Kier molecular flexibility index (Phi) is 2.71. The summed E-state index contributed by atoms with van der Waals surface area (Å²) in [5.74, 6) is -0.382. The van der Waals surface area contributed by atoms with Crippen molar-refractivity contribution in [3.8, 4) is 0 Å². The maximum absolute atomic E-state index is 11.4. The zero-order valence-corrected chi connectivity index (χ0v) is 10.0. The Balaban J connectivity index is 2.42. The molecule has 1 aliphatic rings. The molecule has 1 heterocycles. The summed E-state index contributed by atoms with van der Waals surface area (Å²) in [5, 5.41) is 4.65. The van der Waals surface area contributed by atoms with Crippen LogP contribution in [0.25, 0.3) is 6.08 Å². The normalized spacial score (nSPS) is 17.2. The van der Waals surface area contributed by atoms with Crippen molar-refractivity contribution >= 4 is 18.0 Å². The van der Waals surface area contributed by atoms with Gasteiger partial charge in [0, 0.05) is 0 Å². The summed E-state index contributed by atoms with van der Waals surface area (Å²) in [6, 6.07) is 3.61. The number of carbonyl (C=O) groups is 2. The highest BCUT2D eigenvalue weighted by Gasteiger charge is 2.22. The number of rotatable bonds is 1. The molecular weight excluding hydrogens is 216 g/mol. The largest absolute Gasteiger partial charge is 0.326 e. The zero-order valence-electron chi connectivity index (χ0n) is 10.0. The van der Waals surface area contributed by atoms with Gasteiger partial charge < -0.3 is 5.32 Å². The number of hydrogen-bond acceptors (Lipinski definition) is 2.